The fourth-order valence-electron chi connectivity index (χ4n) is 2.83. The highest BCUT2D eigenvalue weighted by Gasteiger charge is 2.29. The first kappa shape index (κ1) is 15.9. The second-order valence-electron chi connectivity index (χ2n) is 5.71. The summed E-state index contributed by atoms with van der Waals surface area (Å²) in [5.41, 5.74) is 1.18. The van der Waals surface area contributed by atoms with Gasteiger partial charge in [0.05, 0.1) is 10.0 Å². The van der Waals surface area contributed by atoms with E-state index in [1.165, 1.54) is 12.1 Å². The number of piperazine rings is 1. The van der Waals surface area contributed by atoms with Crippen LogP contribution >= 0.6 is 23.2 Å². The molecular formula is C16H24Cl2N2. The first-order chi connectivity index (χ1) is 9.56. The molecule has 1 saturated heterocycles. The number of nitrogens with one attached hydrogen (secondary N) is 1. The van der Waals surface area contributed by atoms with Crippen molar-refractivity contribution in [2.45, 2.75) is 45.7 Å². The third-order valence-corrected chi connectivity index (χ3v) is 5.23. The molecule has 0 saturated carbocycles. The van der Waals surface area contributed by atoms with Crippen LogP contribution in [-0.4, -0.2) is 25.2 Å². The largest absolute Gasteiger partial charge is 0.366 e. The van der Waals surface area contributed by atoms with Crippen molar-refractivity contribution in [1.82, 2.24) is 5.32 Å². The van der Waals surface area contributed by atoms with Crippen LogP contribution in [0.15, 0.2) is 18.2 Å². The van der Waals surface area contributed by atoms with Crippen LogP contribution in [0.1, 0.15) is 33.6 Å². The van der Waals surface area contributed by atoms with Crippen molar-refractivity contribution in [3.05, 3.63) is 28.2 Å². The average molecular weight is 315 g/mol. The molecule has 1 aliphatic heterocycles. The van der Waals surface area contributed by atoms with E-state index in [4.69, 9.17) is 23.2 Å². The zero-order valence-corrected chi connectivity index (χ0v) is 14.0. The van der Waals surface area contributed by atoms with Gasteiger partial charge in [-0.05, 0) is 30.5 Å². The molecule has 1 aromatic carbocycles. The fraction of sp³-hybridized carbons (Fsp3) is 0.625. The van der Waals surface area contributed by atoms with E-state index in [2.05, 4.69) is 37.1 Å². The van der Waals surface area contributed by atoms with Gasteiger partial charge in [-0.15, -0.1) is 0 Å². The molecule has 1 aromatic rings. The van der Waals surface area contributed by atoms with Gasteiger partial charge < -0.3 is 10.2 Å². The maximum atomic E-state index is 6.18. The Hall–Kier alpha value is -0.440. The van der Waals surface area contributed by atoms with E-state index >= 15 is 0 Å². The second kappa shape index (κ2) is 7.02. The van der Waals surface area contributed by atoms with Crippen LogP contribution in [0.3, 0.4) is 0 Å². The number of hydrogen-bond donors (Lipinski definition) is 1. The summed E-state index contributed by atoms with van der Waals surface area (Å²) in [5, 5.41) is 4.95. The van der Waals surface area contributed by atoms with Gasteiger partial charge >= 0.3 is 0 Å². The van der Waals surface area contributed by atoms with Crippen LogP contribution in [0.2, 0.25) is 10.0 Å². The molecule has 112 valence electrons. The fourth-order valence-corrected chi connectivity index (χ4v) is 3.13. The van der Waals surface area contributed by atoms with Crippen molar-refractivity contribution < 1.29 is 0 Å². The van der Waals surface area contributed by atoms with E-state index in [1.54, 1.807) is 0 Å². The molecule has 3 unspecified atom stereocenters. The maximum absolute atomic E-state index is 6.18. The van der Waals surface area contributed by atoms with E-state index in [1.807, 2.05) is 12.1 Å². The number of nitrogens with zero attached hydrogens (tertiary/aromatic N) is 1. The number of halogens is 2. The number of hydrogen-bond acceptors (Lipinski definition) is 2. The summed E-state index contributed by atoms with van der Waals surface area (Å²) in [6.45, 7) is 8.87. The molecule has 0 radical (unpaired) electrons. The molecule has 4 heteroatoms. The Kier molecular flexibility index (Phi) is 5.59. The van der Waals surface area contributed by atoms with Gasteiger partial charge in [0, 0.05) is 30.9 Å². The summed E-state index contributed by atoms with van der Waals surface area (Å²) >= 11 is 12.2. The molecule has 1 heterocycles. The molecule has 2 nitrogen and oxygen atoms in total. The van der Waals surface area contributed by atoms with E-state index < -0.39 is 0 Å². The third kappa shape index (κ3) is 3.41. The Morgan fingerprint density at radius 2 is 2.05 bits per heavy atom. The summed E-state index contributed by atoms with van der Waals surface area (Å²) in [6, 6.07) is 7.03. The summed E-state index contributed by atoms with van der Waals surface area (Å²) in [5.74, 6) is 0.679. The van der Waals surface area contributed by atoms with Gasteiger partial charge in [-0.3, -0.25) is 0 Å². The molecule has 3 atom stereocenters. The van der Waals surface area contributed by atoms with Crippen LogP contribution in [0.5, 0.6) is 0 Å². The minimum atomic E-state index is 0.521. The molecule has 0 aliphatic carbocycles. The average Bonchev–Trinajstić information content (AvgIpc) is 2.48. The Morgan fingerprint density at radius 3 is 2.65 bits per heavy atom. The van der Waals surface area contributed by atoms with Crippen LogP contribution in [-0.2, 0) is 0 Å². The zero-order valence-electron chi connectivity index (χ0n) is 12.5. The molecule has 0 amide bonds. The van der Waals surface area contributed by atoms with Crippen molar-refractivity contribution in [2.75, 3.05) is 18.0 Å². The Labute approximate surface area is 132 Å². The predicted molar refractivity (Wildman–Crippen MR) is 89.1 cm³/mol. The standard InChI is InChI=1S/C16H24Cl2N2/c1-4-11(3)16-10-20(12(5-2)9-19-16)13-6-7-14(17)15(18)8-13/h6-8,11-12,16,19H,4-5,9-10H2,1-3H3. The Bertz CT molecular complexity index is 450. The molecule has 0 bridgehead atoms. The highest BCUT2D eigenvalue weighted by molar-refractivity contribution is 6.42. The highest BCUT2D eigenvalue weighted by atomic mass is 35.5. The number of rotatable bonds is 4. The maximum Gasteiger partial charge on any atom is 0.0612 e. The molecule has 1 aliphatic rings. The van der Waals surface area contributed by atoms with Gasteiger partial charge in [0.1, 0.15) is 0 Å². The third-order valence-electron chi connectivity index (χ3n) is 4.49. The SMILES string of the molecule is CCC(C)C1CN(c2ccc(Cl)c(Cl)c2)C(CC)CN1. The van der Waals surface area contributed by atoms with Crippen molar-refractivity contribution in [2.24, 2.45) is 5.92 Å². The van der Waals surface area contributed by atoms with E-state index in [0.717, 1.165) is 19.5 Å². The van der Waals surface area contributed by atoms with E-state index in [-0.39, 0.29) is 0 Å². The van der Waals surface area contributed by atoms with Crippen molar-refractivity contribution in [3.63, 3.8) is 0 Å². The molecule has 1 N–H and O–H groups in total. The smallest absolute Gasteiger partial charge is 0.0612 e. The van der Waals surface area contributed by atoms with Gasteiger partial charge in [0.15, 0.2) is 0 Å². The number of benzene rings is 1. The van der Waals surface area contributed by atoms with Crippen molar-refractivity contribution in [3.8, 4) is 0 Å². The first-order valence-electron chi connectivity index (χ1n) is 7.51. The topological polar surface area (TPSA) is 15.3 Å². The second-order valence-corrected chi connectivity index (χ2v) is 6.53. The monoisotopic (exact) mass is 314 g/mol. The normalized spacial score (nSPS) is 24.8. The lowest BCUT2D eigenvalue weighted by Gasteiger charge is -2.43. The molecule has 0 spiro atoms. The molecule has 1 fully saturated rings. The summed E-state index contributed by atoms with van der Waals surface area (Å²) in [4.78, 5) is 2.48. The Morgan fingerprint density at radius 1 is 1.30 bits per heavy atom. The summed E-state index contributed by atoms with van der Waals surface area (Å²) in [7, 11) is 0. The van der Waals surface area contributed by atoms with Gasteiger partial charge in [-0.25, -0.2) is 0 Å². The summed E-state index contributed by atoms with van der Waals surface area (Å²) in [6.07, 6.45) is 2.32. The van der Waals surface area contributed by atoms with Gasteiger partial charge in [0.25, 0.3) is 0 Å². The van der Waals surface area contributed by atoms with Crippen molar-refractivity contribution >= 4 is 28.9 Å². The van der Waals surface area contributed by atoms with Crippen LogP contribution in [0.25, 0.3) is 0 Å². The first-order valence-corrected chi connectivity index (χ1v) is 8.27. The quantitative estimate of drug-likeness (QED) is 0.874. The van der Waals surface area contributed by atoms with E-state index in [0.29, 0.717) is 28.0 Å². The lowest BCUT2D eigenvalue weighted by Crippen LogP contribution is -2.58. The molecule has 0 aromatic heterocycles. The lowest BCUT2D eigenvalue weighted by atomic mass is 9.94. The predicted octanol–water partition coefficient (Wildman–Crippen LogP) is 4.60. The minimum Gasteiger partial charge on any atom is -0.366 e. The molecule has 2 rings (SSSR count). The van der Waals surface area contributed by atoms with Crippen LogP contribution in [0.4, 0.5) is 5.69 Å². The number of anilines is 1. The van der Waals surface area contributed by atoms with Crippen LogP contribution in [0, 0.1) is 5.92 Å². The van der Waals surface area contributed by atoms with Gasteiger partial charge in [-0.1, -0.05) is 50.4 Å². The minimum absolute atomic E-state index is 0.521. The lowest BCUT2D eigenvalue weighted by molar-refractivity contribution is 0.306. The molecular weight excluding hydrogens is 291 g/mol. The zero-order chi connectivity index (χ0) is 14.7. The van der Waals surface area contributed by atoms with Crippen molar-refractivity contribution in [1.29, 1.82) is 0 Å². The van der Waals surface area contributed by atoms with E-state index in [9.17, 15) is 0 Å². The summed E-state index contributed by atoms with van der Waals surface area (Å²) < 4.78 is 0. The van der Waals surface area contributed by atoms with Gasteiger partial charge in [0.2, 0.25) is 0 Å². The van der Waals surface area contributed by atoms with Crippen LogP contribution < -0.4 is 10.2 Å². The molecule has 20 heavy (non-hydrogen) atoms. The Balaban J connectivity index is 2.22. The highest BCUT2D eigenvalue weighted by Crippen LogP contribution is 2.30. The van der Waals surface area contributed by atoms with Gasteiger partial charge in [-0.2, -0.15) is 0 Å².